The predicted molar refractivity (Wildman–Crippen MR) is 59.5 cm³/mol. The van der Waals surface area contributed by atoms with E-state index in [-0.39, 0.29) is 11.3 Å². The molecule has 0 unspecified atom stereocenters. The molecule has 0 bridgehead atoms. The van der Waals surface area contributed by atoms with Crippen LogP contribution in [0.5, 0.6) is 0 Å². The van der Waals surface area contributed by atoms with Crippen LogP contribution in [0.1, 0.15) is 52.9 Å². The zero-order valence-electron chi connectivity index (χ0n) is 10.0. The number of Topliss-reactive ketones (excluding diaryl/α,β-unsaturated/α-hetero) is 1. The Morgan fingerprint density at radius 2 is 1.93 bits per heavy atom. The molecule has 1 N–H and O–H groups in total. The van der Waals surface area contributed by atoms with Crippen molar-refractivity contribution in [2.75, 3.05) is 0 Å². The van der Waals surface area contributed by atoms with Crippen LogP contribution >= 0.6 is 0 Å². The summed E-state index contributed by atoms with van der Waals surface area (Å²) in [4.78, 5) is 12.0. The van der Waals surface area contributed by atoms with Gasteiger partial charge in [0.15, 0.2) is 0 Å². The minimum absolute atomic E-state index is 0.102. The molecule has 2 saturated carbocycles. The summed E-state index contributed by atoms with van der Waals surface area (Å²) in [6, 6.07) is 0. The van der Waals surface area contributed by atoms with Crippen LogP contribution in [-0.4, -0.2) is 16.5 Å². The van der Waals surface area contributed by atoms with E-state index in [9.17, 15) is 9.90 Å². The quantitative estimate of drug-likeness (QED) is 0.667. The molecule has 2 heteroatoms. The Labute approximate surface area is 92.1 Å². The van der Waals surface area contributed by atoms with E-state index in [1.54, 1.807) is 0 Å². The normalized spacial score (nSPS) is 44.9. The van der Waals surface area contributed by atoms with Gasteiger partial charge in [0.25, 0.3) is 0 Å². The molecule has 2 nitrogen and oxygen atoms in total. The maximum Gasteiger partial charge on any atom is 0.139 e. The monoisotopic (exact) mass is 210 g/mol. The molecule has 0 radical (unpaired) electrons. The van der Waals surface area contributed by atoms with Gasteiger partial charge in [-0.2, -0.15) is 0 Å². The molecule has 0 saturated heterocycles. The highest BCUT2D eigenvalue weighted by Crippen LogP contribution is 2.52. The van der Waals surface area contributed by atoms with Crippen LogP contribution in [0.2, 0.25) is 0 Å². The van der Waals surface area contributed by atoms with E-state index < -0.39 is 5.60 Å². The van der Waals surface area contributed by atoms with Gasteiger partial charge in [-0.1, -0.05) is 13.8 Å². The second-order valence-corrected chi connectivity index (χ2v) is 6.29. The second-order valence-electron chi connectivity index (χ2n) is 6.29. The number of rotatable bonds is 0. The molecule has 15 heavy (non-hydrogen) atoms. The third-order valence-corrected chi connectivity index (χ3v) is 4.63. The fraction of sp³-hybridized carbons (Fsp3) is 0.923. The molecule has 0 aromatic heterocycles. The van der Waals surface area contributed by atoms with Crippen LogP contribution in [0.3, 0.4) is 0 Å². The summed E-state index contributed by atoms with van der Waals surface area (Å²) in [6.45, 7) is 6.35. The van der Waals surface area contributed by atoms with Crippen LogP contribution in [-0.2, 0) is 4.79 Å². The van der Waals surface area contributed by atoms with Crippen LogP contribution in [0, 0.1) is 17.3 Å². The highest BCUT2D eigenvalue weighted by Gasteiger charge is 2.53. The molecule has 2 aliphatic carbocycles. The summed E-state index contributed by atoms with van der Waals surface area (Å²) < 4.78 is 0. The number of hydrogen-bond acceptors (Lipinski definition) is 2. The van der Waals surface area contributed by atoms with Gasteiger partial charge in [-0.05, 0) is 43.9 Å². The van der Waals surface area contributed by atoms with Crippen molar-refractivity contribution in [3.63, 3.8) is 0 Å². The average molecular weight is 210 g/mol. The lowest BCUT2D eigenvalue weighted by atomic mass is 9.70. The van der Waals surface area contributed by atoms with Gasteiger partial charge in [-0.3, -0.25) is 4.79 Å². The van der Waals surface area contributed by atoms with E-state index in [4.69, 9.17) is 0 Å². The van der Waals surface area contributed by atoms with Crippen LogP contribution in [0.15, 0.2) is 0 Å². The zero-order chi connectivity index (χ0) is 11.3. The molecule has 2 rings (SSSR count). The first-order chi connectivity index (χ1) is 6.84. The van der Waals surface area contributed by atoms with E-state index in [2.05, 4.69) is 13.8 Å². The lowest BCUT2D eigenvalue weighted by Gasteiger charge is -2.35. The van der Waals surface area contributed by atoms with Crippen molar-refractivity contribution in [3.05, 3.63) is 0 Å². The Kier molecular flexibility index (Phi) is 2.45. The van der Waals surface area contributed by atoms with Gasteiger partial charge < -0.3 is 5.11 Å². The summed E-state index contributed by atoms with van der Waals surface area (Å²) in [5.41, 5.74) is -0.527. The number of carbonyl (C=O) groups is 1. The smallest absolute Gasteiger partial charge is 0.139 e. The molecular weight excluding hydrogens is 188 g/mol. The van der Waals surface area contributed by atoms with E-state index in [0.717, 1.165) is 25.7 Å². The molecule has 2 fully saturated rings. The van der Waals surface area contributed by atoms with Gasteiger partial charge in [-0.15, -0.1) is 0 Å². The van der Waals surface area contributed by atoms with E-state index in [1.807, 2.05) is 6.92 Å². The third kappa shape index (κ3) is 1.73. The Morgan fingerprint density at radius 3 is 2.60 bits per heavy atom. The van der Waals surface area contributed by atoms with E-state index in [1.165, 1.54) is 0 Å². The third-order valence-electron chi connectivity index (χ3n) is 4.63. The number of aliphatic hydroxyl groups is 1. The molecule has 0 aromatic carbocycles. The molecule has 86 valence electrons. The van der Waals surface area contributed by atoms with E-state index in [0.29, 0.717) is 18.1 Å². The van der Waals surface area contributed by atoms with Gasteiger partial charge in [0, 0.05) is 12.3 Å². The van der Waals surface area contributed by atoms with Gasteiger partial charge >= 0.3 is 0 Å². The molecular formula is C13H22O2. The lowest BCUT2D eigenvalue weighted by molar-refractivity contribution is -0.131. The minimum Gasteiger partial charge on any atom is -0.389 e. The number of fused-ring (bicyclic) bond motifs is 1. The number of carbonyl (C=O) groups excluding carboxylic acids is 1. The van der Waals surface area contributed by atoms with Crippen molar-refractivity contribution in [3.8, 4) is 0 Å². The standard InChI is InChI=1S/C13H22O2/c1-12(2)7-4-5-10(14)11-9(12)6-8-13(11,3)15/h9,11,15H,4-8H2,1-3H3/t9-,11+,13+/m1/s1. The fourth-order valence-electron chi connectivity index (χ4n) is 3.68. The van der Waals surface area contributed by atoms with E-state index >= 15 is 0 Å². The molecule has 0 amide bonds. The molecule has 0 aromatic rings. The summed E-state index contributed by atoms with van der Waals surface area (Å²) in [5.74, 6) is 0.588. The Morgan fingerprint density at radius 1 is 1.27 bits per heavy atom. The zero-order valence-corrected chi connectivity index (χ0v) is 10.0. The molecule has 0 spiro atoms. The van der Waals surface area contributed by atoms with Gasteiger partial charge in [-0.25, -0.2) is 0 Å². The number of hydrogen-bond donors (Lipinski definition) is 1. The SMILES string of the molecule is CC1(C)CCCC(=O)[C@@H]2[C@H]1CC[C@]2(C)O. The average Bonchev–Trinajstić information content (AvgIpc) is 2.34. The maximum absolute atomic E-state index is 12.0. The second kappa shape index (κ2) is 3.31. The Bertz CT molecular complexity index is 278. The summed E-state index contributed by atoms with van der Waals surface area (Å²) in [6.07, 6.45) is 4.58. The number of ketones is 1. The topological polar surface area (TPSA) is 37.3 Å². The molecule has 0 heterocycles. The highest BCUT2D eigenvalue weighted by atomic mass is 16.3. The summed E-state index contributed by atoms with van der Waals surface area (Å²) in [5, 5.41) is 10.3. The molecule has 0 aliphatic heterocycles. The van der Waals surface area contributed by atoms with Crippen molar-refractivity contribution in [1.82, 2.24) is 0 Å². The minimum atomic E-state index is -0.747. The van der Waals surface area contributed by atoms with Crippen LogP contribution < -0.4 is 0 Å². The first-order valence-electron chi connectivity index (χ1n) is 6.10. The van der Waals surface area contributed by atoms with Crippen molar-refractivity contribution in [2.24, 2.45) is 17.3 Å². The summed E-state index contributed by atoms with van der Waals surface area (Å²) >= 11 is 0. The van der Waals surface area contributed by atoms with Gasteiger partial charge in [0.05, 0.1) is 5.60 Å². The fourth-order valence-corrected chi connectivity index (χ4v) is 3.68. The van der Waals surface area contributed by atoms with Crippen molar-refractivity contribution < 1.29 is 9.90 Å². The van der Waals surface area contributed by atoms with Gasteiger partial charge in [0.2, 0.25) is 0 Å². The first-order valence-corrected chi connectivity index (χ1v) is 6.10. The lowest BCUT2D eigenvalue weighted by Crippen LogP contribution is -2.40. The first kappa shape index (κ1) is 11.1. The Balaban J connectivity index is 2.35. The van der Waals surface area contributed by atoms with Crippen molar-refractivity contribution in [1.29, 1.82) is 0 Å². The van der Waals surface area contributed by atoms with Gasteiger partial charge in [0.1, 0.15) is 5.78 Å². The largest absolute Gasteiger partial charge is 0.389 e. The highest BCUT2D eigenvalue weighted by molar-refractivity contribution is 5.83. The van der Waals surface area contributed by atoms with Crippen molar-refractivity contribution >= 4 is 5.78 Å². The van der Waals surface area contributed by atoms with Crippen molar-refractivity contribution in [2.45, 2.75) is 58.5 Å². The molecule has 3 atom stereocenters. The summed E-state index contributed by atoms with van der Waals surface area (Å²) in [7, 11) is 0. The Hall–Kier alpha value is -0.370. The van der Waals surface area contributed by atoms with Crippen LogP contribution in [0.25, 0.3) is 0 Å². The maximum atomic E-state index is 12.0. The molecule has 2 aliphatic rings. The predicted octanol–water partition coefficient (Wildman–Crippen LogP) is 2.54. The van der Waals surface area contributed by atoms with Crippen LogP contribution in [0.4, 0.5) is 0 Å².